The van der Waals surface area contributed by atoms with E-state index < -0.39 is 12.9 Å². The van der Waals surface area contributed by atoms with Gasteiger partial charge >= 0.3 is 85.1 Å². The normalized spacial score (nSPS) is 9.88. The fraction of sp³-hybridized carbons (Fsp3) is 0. The summed E-state index contributed by atoms with van der Waals surface area (Å²) in [5.74, 6) is -0.395. The zero-order chi connectivity index (χ0) is 10.8. The van der Waals surface area contributed by atoms with Gasteiger partial charge in [-0.1, -0.05) is 0 Å². The van der Waals surface area contributed by atoms with Crippen LogP contribution in [0.3, 0.4) is 0 Å². The predicted molar refractivity (Wildman–Crippen MR) is 65.6 cm³/mol. The van der Waals surface area contributed by atoms with Crippen molar-refractivity contribution in [1.29, 1.82) is 0 Å². The van der Waals surface area contributed by atoms with Crippen molar-refractivity contribution < 1.29 is 12.0 Å². The first-order valence-electron chi connectivity index (χ1n) is 3.14. The number of anilines is 3. The Morgan fingerprint density at radius 1 is 1.12 bits per heavy atom. The summed E-state index contributed by atoms with van der Waals surface area (Å²) in [7, 11) is 4.21. The van der Waals surface area contributed by atoms with Crippen LogP contribution in [0, 0.1) is 0 Å². The molecule has 0 saturated heterocycles. The molecule has 16 heavy (non-hydrogen) atoms. The summed E-state index contributed by atoms with van der Waals surface area (Å²) >= 11 is -4.40. The number of hydrogen-bond acceptors (Lipinski definition) is 8. The second kappa shape index (κ2) is 7.07. The fourth-order valence-corrected chi connectivity index (χ4v) is 1.17. The number of rotatable bonds is 3. The maximum absolute atomic E-state index is 8.74. The number of aromatic nitrogens is 3. The summed E-state index contributed by atoms with van der Waals surface area (Å²) in [5, 5.41) is 0. The molecule has 1 heterocycles. The van der Waals surface area contributed by atoms with Gasteiger partial charge in [0.2, 0.25) is 0 Å². The fourth-order valence-electron chi connectivity index (χ4n) is 0.555. The molecular weight excluding hydrogens is 346 g/mol. The van der Waals surface area contributed by atoms with Crippen molar-refractivity contribution in [2.45, 2.75) is 0 Å². The van der Waals surface area contributed by atoms with E-state index in [9.17, 15) is 0 Å². The van der Waals surface area contributed by atoms with Gasteiger partial charge in [-0.05, 0) is 0 Å². The van der Waals surface area contributed by atoms with Gasteiger partial charge in [0.05, 0.1) is 0 Å². The summed E-state index contributed by atoms with van der Waals surface area (Å²) in [6, 6.07) is 0. The first-order valence-corrected chi connectivity index (χ1v) is 8.25. The van der Waals surface area contributed by atoms with E-state index in [2.05, 4.69) is 29.2 Å². The van der Waals surface area contributed by atoms with Crippen LogP contribution in [-0.2, 0) is 3.83 Å². The third kappa shape index (κ3) is 7.01. The molecule has 0 unspecified atom stereocenters. The summed E-state index contributed by atoms with van der Waals surface area (Å²) in [5.41, 5.74) is 12.5. The Morgan fingerprint density at radius 3 is 1.94 bits per heavy atom. The second-order valence-corrected chi connectivity index (χ2v) is 6.97. The van der Waals surface area contributed by atoms with Crippen LogP contribution in [0.2, 0.25) is 0 Å². The van der Waals surface area contributed by atoms with Crippen LogP contribution in [-0.4, -0.2) is 36.0 Å². The summed E-state index contributed by atoms with van der Waals surface area (Å²) in [6.07, 6.45) is 0. The average molecular weight is 355 g/mol. The van der Waals surface area contributed by atoms with Gasteiger partial charge in [0.25, 0.3) is 0 Å². The van der Waals surface area contributed by atoms with Crippen LogP contribution in [0.15, 0.2) is 0 Å². The third-order valence-electron chi connectivity index (χ3n) is 0.926. The van der Waals surface area contributed by atoms with Gasteiger partial charge in [-0.15, -0.1) is 24.8 Å². The molecule has 0 fully saturated rings. The van der Waals surface area contributed by atoms with Crippen molar-refractivity contribution in [3.8, 4) is 0 Å². The molecule has 9 nitrogen and oxygen atoms in total. The zero-order valence-electron chi connectivity index (χ0n) is 7.47. The van der Waals surface area contributed by atoms with E-state index in [1.54, 1.807) is 0 Å². The number of halogens is 2. The van der Waals surface area contributed by atoms with E-state index in [4.69, 9.17) is 19.7 Å². The quantitative estimate of drug-likeness (QED) is 0.332. The van der Waals surface area contributed by atoms with Crippen LogP contribution >= 0.6 is 35.2 Å². The Balaban J connectivity index is 0. The Morgan fingerprint density at radius 2 is 1.56 bits per heavy atom. The SMILES string of the molecule is Cl.Cl.Nc1nc(N)nc(NO[As](O)(O)=S)n1. The van der Waals surface area contributed by atoms with Crippen molar-refractivity contribution in [1.82, 2.24) is 15.0 Å². The zero-order valence-corrected chi connectivity index (χ0v) is 11.8. The molecular formula is C3H9AsCl2N6O3S. The molecule has 0 atom stereocenters. The van der Waals surface area contributed by atoms with Crippen LogP contribution in [0.5, 0.6) is 0 Å². The van der Waals surface area contributed by atoms with Gasteiger partial charge in [-0.25, -0.2) is 0 Å². The van der Waals surface area contributed by atoms with Gasteiger partial charge in [0.1, 0.15) is 0 Å². The molecule has 1 rings (SSSR count). The Kier molecular flexibility index (Phi) is 7.96. The number of nitrogens with one attached hydrogen (secondary N) is 1. The number of nitrogens with two attached hydrogens (primary N) is 2. The molecule has 13 heteroatoms. The van der Waals surface area contributed by atoms with E-state index >= 15 is 0 Å². The standard InChI is InChI=1S/C3H7AsN6O3S.2ClH/c5-1-7-2(6)9-3(8-1)10-13-4(11,12)14;;/h(H2,11,12,14)(H5,5,6,7,8,9,10);2*1H. The van der Waals surface area contributed by atoms with E-state index in [0.717, 1.165) is 0 Å². The molecule has 0 bridgehead atoms. The van der Waals surface area contributed by atoms with Crippen LogP contribution in [0.4, 0.5) is 17.8 Å². The van der Waals surface area contributed by atoms with Crippen molar-refractivity contribution in [2.75, 3.05) is 16.9 Å². The van der Waals surface area contributed by atoms with Gasteiger partial charge in [-0.3, -0.25) is 0 Å². The monoisotopic (exact) mass is 354 g/mol. The summed E-state index contributed by atoms with van der Waals surface area (Å²) < 4.78 is 21.8. The van der Waals surface area contributed by atoms with E-state index in [-0.39, 0.29) is 42.7 Å². The summed E-state index contributed by atoms with van der Waals surface area (Å²) in [4.78, 5) is 10.6. The van der Waals surface area contributed by atoms with E-state index in [1.807, 2.05) is 5.48 Å². The predicted octanol–water partition coefficient (Wildman–Crippen LogP) is -1.16. The van der Waals surface area contributed by atoms with Crippen molar-refractivity contribution in [2.24, 2.45) is 0 Å². The van der Waals surface area contributed by atoms with Gasteiger partial charge in [0, 0.05) is 0 Å². The second-order valence-electron chi connectivity index (χ2n) is 2.06. The molecule has 0 spiro atoms. The molecule has 0 aromatic carbocycles. The van der Waals surface area contributed by atoms with Crippen molar-refractivity contribution in [3.63, 3.8) is 0 Å². The maximum atomic E-state index is 8.74. The molecule has 0 radical (unpaired) electrons. The molecule has 0 saturated carbocycles. The molecule has 94 valence electrons. The average Bonchev–Trinajstić information content (AvgIpc) is 1.97. The first-order chi connectivity index (χ1) is 6.37. The van der Waals surface area contributed by atoms with Crippen molar-refractivity contribution >= 4 is 66.0 Å². The number of hydrogen-bond donors (Lipinski definition) is 5. The molecule has 0 aliphatic rings. The van der Waals surface area contributed by atoms with Crippen LogP contribution in [0.25, 0.3) is 0 Å². The minimum atomic E-state index is -4.40. The van der Waals surface area contributed by atoms with E-state index in [0.29, 0.717) is 0 Å². The van der Waals surface area contributed by atoms with Gasteiger partial charge in [-0.2, -0.15) is 0 Å². The molecule has 7 N–H and O–H groups in total. The number of nitrogens with zero attached hydrogens (tertiary/aromatic N) is 3. The minimum absolute atomic E-state index is 0. The van der Waals surface area contributed by atoms with Gasteiger partial charge < -0.3 is 0 Å². The topological polar surface area (TPSA) is 152 Å². The third-order valence-corrected chi connectivity index (χ3v) is 2.00. The van der Waals surface area contributed by atoms with Crippen LogP contribution < -0.4 is 16.9 Å². The molecule has 0 aliphatic carbocycles. The van der Waals surface area contributed by atoms with E-state index in [1.165, 1.54) is 0 Å². The van der Waals surface area contributed by atoms with Gasteiger partial charge in [0.15, 0.2) is 0 Å². The number of nitrogen functional groups attached to an aromatic ring is 2. The van der Waals surface area contributed by atoms with Crippen LogP contribution in [0.1, 0.15) is 0 Å². The first kappa shape index (κ1) is 18.0. The molecule has 1 aromatic heterocycles. The molecule has 0 amide bonds. The Labute approximate surface area is 110 Å². The molecule has 1 aromatic rings. The molecule has 0 aliphatic heterocycles. The summed E-state index contributed by atoms with van der Waals surface area (Å²) in [6.45, 7) is 0. The Bertz CT molecular complexity index is 369. The Hall–Kier alpha value is -0.352. The van der Waals surface area contributed by atoms with Crippen molar-refractivity contribution in [3.05, 3.63) is 0 Å².